The first-order chi connectivity index (χ1) is 11.5. The molecular weight excluding hydrogens is 316 g/mol. The molecule has 2 atom stereocenters. The maximum Gasteiger partial charge on any atom is 0.310 e. The summed E-state index contributed by atoms with van der Waals surface area (Å²) in [7, 11) is 0. The Balaban J connectivity index is 4.76. The SMILES string of the molecule is CCCCOC(=O)CC(C(=O)OCCCC)C(C)C(=O)OCCO. The molecule has 1 N–H and O–H groups in total. The Morgan fingerprint density at radius 2 is 1.42 bits per heavy atom. The highest BCUT2D eigenvalue weighted by Gasteiger charge is 2.35. The highest BCUT2D eigenvalue weighted by Crippen LogP contribution is 2.20. The molecule has 0 saturated heterocycles. The first-order valence-corrected chi connectivity index (χ1v) is 8.57. The second-order valence-electron chi connectivity index (χ2n) is 5.59. The first kappa shape index (κ1) is 22.4. The van der Waals surface area contributed by atoms with Gasteiger partial charge in [-0.05, 0) is 12.8 Å². The standard InChI is InChI=1S/C17H30O7/c1-4-6-9-22-15(19)12-14(17(21)23-10-7-5-2)13(3)16(20)24-11-8-18/h13-14,18H,4-12H2,1-3H3. The van der Waals surface area contributed by atoms with Gasteiger partial charge in [-0.1, -0.05) is 33.6 Å². The van der Waals surface area contributed by atoms with Crippen molar-refractivity contribution in [3.05, 3.63) is 0 Å². The van der Waals surface area contributed by atoms with Crippen molar-refractivity contribution in [1.29, 1.82) is 0 Å². The highest BCUT2D eigenvalue weighted by atomic mass is 16.5. The van der Waals surface area contributed by atoms with Crippen LogP contribution in [0, 0.1) is 11.8 Å². The third kappa shape index (κ3) is 9.50. The van der Waals surface area contributed by atoms with Crippen LogP contribution in [-0.4, -0.2) is 49.4 Å². The molecule has 0 aromatic rings. The van der Waals surface area contributed by atoms with Gasteiger partial charge in [0.1, 0.15) is 6.61 Å². The summed E-state index contributed by atoms with van der Waals surface area (Å²) in [4.78, 5) is 36.0. The Kier molecular flexibility index (Phi) is 12.8. The van der Waals surface area contributed by atoms with Gasteiger partial charge in [-0.3, -0.25) is 14.4 Å². The van der Waals surface area contributed by atoms with Gasteiger partial charge in [0.05, 0.1) is 38.1 Å². The monoisotopic (exact) mass is 346 g/mol. The van der Waals surface area contributed by atoms with Gasteiger partial charge in [0.25, 0.3) is 0 Å². The van der Waals surface area contributed by atoms with Gasteiger partial charge in [-0.15, -0.1) is 0 Å². The lowest BCUT2D eigenvalue weighted by Gasteiger charge is -2.20. The number of carbonyl (C=O) groups excluding carboxylic acids is 3. The maximum atomic E-state index is 12.2. The molecule has 2 unspecified atom stereocenters. The van der Waals surface area contributed by atoms with E-state index in [9.17, 15) is 14.4 Å². The van der Waals surface area contributed by atoms with Crippen molar-refractivity contribution in [3.8, 4) is 0 Å². The van der Waals surface area contributed by atoms with Gasteiger partial charge in [0.2, 0.25) is 0 Å². The van der Waals surface area contributed by atoms with Gasteiger partial charge in [0.15, 0.2) is 0 Å². The van der Waals surface area contributed by atoms with E-state index in [1.165, 1.54) is 6.92 Å². The quantitative estimate of drug-likeness (QED) is 0.309. The van der Waals surface area contributed by atoms with Crippen LogP contribution in [0.1, 0.15) is 52.9 Å². The zero-order chi connectivity index (χ0) is 18.4. The zero-order valence-electron chi connectivity index (χ0n) is 14.9. The summed E-state index contributed by atoms with van der Waals surface area (Å²) in [6.45, 7) is 5.52. The normalized spacial score (nSPS) is 13.0. The molecule has 0 bridgehead atoms. The molecule has 0 saturated carbocycles. The topological polar surface area (TPSA) is 99.1 Å². The van der Waals surface area contributed by atoms with Crippen LogP contribution < -0.4 is 0 Å². The average molecular weight is 346 g/mol. The molecule has 0 heterocycles. The number of hydrogen-bond donors (Lipinski definition) is 1. The Labute approximate surface area is 143 Å². The van der Waals surface area contributed by atoms with Gasteiger partial charge in [-0.25, -0.2) is 0 Å². The second kappa shape index (κ2) is 13.8. The molecule has 0 fully saturated rings. The third-order valence-electron chi connectivity index (χ3n) is 3.50. The largest absolute Gasteiger partial charge is 0.466 e. The summed E-state index contributed by atoms with van der Waals surface area (Å²) in [6, 6.07) is 0. The molecule has 0 aliphatic rings. The third-order valence-corrected chi connectivity index (χ3v) is 3.50. The summed E-state index contributed by atoms with van der Waals surface area (Å²) < 4.78 is 15.0. The lowest BCUT2D eigenvalue weighted by molar-refractivity contribution is -0.164. The molecule has 7 nitrogen and oxygen atoms in total. The smallest absolute Gasteiger partial charge is 0.310 e. The number of aliphatic hydroxyl groups excluding tert-OH is 1. The molecule has 0 radical (unpaired) electrons. The van der Waals surface area contributed by atoms with E-state index in [0.29, 0.717) is 6.42 Å². The van der Waals surface area contributed by atoms with Crippen LogP contribution in [0.2, 0.25) is 0 Å². The van der Waals surface area contributed by atoms with Crippen LogP contribution in [0.4, 0.5) is 0 Å². The van der Waals surface area contributed by atoms with Crippen LogP contribution in [0.15, 0.2) is 0 Å². The number of aliphatic hydroxyl groups is 1. The van der Waals surface area contributed by atoms with Crippen molar-refractivity contribution in [1.82, 2.24) is 0 Å². The van der Waals surface area contributed by atoms with E-state index in [1.54, 1.807) is 0 Å². The van der Waals surface area contributed by atoms with E-state index in [1.807, 2.05) is 13.8 Å². The van der Waals surface area contributed by atoms with Crippen molar-refractivity contribution in [3.63, 3.8) is 0 Å². The fraction of sp³-hybridized carbons (Fsp3) is 0.824. The summed E-state index contributed by atoms with van der Waals surface area (Å²) in [5.74, 6) is -3.61. The molecule has 0 aliphatic heterocycles. The molecule has 7 heteroatoms. The van der Waals surface area contributed by atoms with Crippen LogP contribution in [0.25, 0.3) is 0 Å². The lowest BCUT2D eigenvalue weighted by atomic mass is 9.91. The minimum absolute atomic E-state index is 0.151. The molecule has 0 rings (SSSR count). The van der Waals surface area contributed by atoms with Crippen molar-refractivity contribution in [2.24, 2.45) is 11.8 Å². The fourth-order valence-electron chi connectivity index (χ4n) is 1.90. The van der Waals surface area contributed by atoms with Crippen molar-refractivity contribution < 1.29 is 33.7 Å². The Morgan fingerprint density at radius 3 is 1.96 bits per heavy atom. The van der Waals surface area contributed by atoms with Crippen molar-refractivity contribution in [2.45, 2.75) is 52.9 Å². The van der Waals surface area contributed by atoms with Crippen molar-refractivity contribution >= 4 is 17.9 Å². The highest BCUT2D eigenvalue weighted by molar-refractivity contribution is 5.85. The van der Waals surface area contributed by atoms with E-state index < -0.39 is 29.7 Å². The summed E-state index contributed by atoms with van der Waals surface area (Å²) in [5.41, 5.74) is 0. The predicted octanol–water partition coefficient (Wildman–Crippen LogP) is 1.85. The average Bonchev–Trinajstić information content (AvgIpc) is 2.57. The number of hydrogen-bond acceptors (Lipinski definition) is 7. The number of rotatable bonds is 13. The van der Waals surface area contributed by atoms with Gasteiger partial charge in [0, 0.05) is 0 Å². The van der Waals surface area contributed by atoms with Crippen LogP contribution in [0.5, 0.6) is 0 Å². The minimum atomic E-state index is -0.956. The summed E-state index contributed by atoms with van der Waals surface area (Å²) in [5, 5.41) is 8.71. The van der Waals surface area contributed by atoms with Gasteiger partial charge < -0.3 is 19.3 Å². The zero-order valence-corrected chi connectivity index (χ0v) is 14.9. The molecule has 24 heavy (non-hydrogen) atoms. The minimum Gasteiger partial charge on any atom is -0.466 e. The van der Waals surface area contributed by atoms with E-state index in [0.717, 1.165) is 19.3 Å². The molecule has 0 aromatic heterocycles. The summed E-state index contributed by atoms with van der Waals surface area (Å²) in [6.07, 6.45) is 2.98. The van der Waals surface area contributed by atoms with Crippen LogP contribution in [-0.2, 0) is 28.6 Å². The number of unbranched alkanes of at least 4 members (excludes halogenated alkanes) is 2. The van der Waals surface area contributed by atoms with E-state index >= 15 is 0 Å². The van der Waals surface area contributed by atoms with Gasteiger partial charge >= 0.3 is 17.9 Å². The molecule has 140 valence electrons. The lowest BCUT2D eigenvalue weighted by Crippen LogP contribution is -2.33. The first-order valence-electron chi connectivity index (χ1n) is 8.57. The Morgan fingerprint density at radius 1 is 0.875 bits per heavy atom. The van der Waals surface area contributed by atoms with E-state index in [-0.39, 0.29) is 32.8 Å². The van der Waals surface area contributed by atoms with Crippen LogP contribution in [0.3, 0.4) is 0 Å². The number of esters is 3. The van der Waals surface area contributed by atoms with E-state index in [4.69, 9.17) is 19.3 Å². The van der Waals surface area contributed by atoms with E-state index in [2.05, 4.69) is 0 Å². The second-order valence-corrected chi connectivity index (χ2v) is 5.59. The van der Waals surface area contributed by atoms with Gasteiger partial charge in [-0.2, -0.15) is 0 Å². The number of carbonyl (C=O) groups is 3. The Hall–Kier alpha value is -1.63. The van der Waals surface area contributed by atoms with Crippen molar-refractivity contribution in [2.75, 3.05) is 26.4 Å². The Bertz CT molecular complexity index is 381. The maximum absolute atomic E-state index is 12.2. The molecule has 0 spiro atoms. The fourth-order valence-corrected chi connectivity index (χ4v) is 1.90. The molecule has 0 aliphatic carbocycles. The molecule has 0 amide bonds. The predicted molar refractivity (Wildman–Crippen MR) is 87.0 cm³/mol. The molecule has 0 aromatic carbocycles. The summed E-state index contributed by atoms with van der Waals surface area (Å²) >= 11 is 0. The van der Waals surface area contributed by atoms with Crippen LogP contribution >= 0.6 is 0 Å². The molecular formula is C17H30O7. The number of ether oxygens (including phenoxy) is 3.